The molecule has 0 fully saturated rings. The number of aromatic nitrogens is 1. The second-order valence-electron chi connectivity index (χ2n) is 4.96. The van der Waals surface area contributed by atoms with E-state index < -0.39 is 15.8 Å². The molecule has 0 saturated carbocycles. The van der Waals surface area contributed by atoms with Crippen molar-refractivity contribution < 1.29 is 17.6 Å². The third-order valence-corrected chi connectivity index (χ3v) is 5.40. The fourth-order valence-electron chi connectivity index (χ4n) is 2.22. The Bertz CT molecular complexity index is 1100. The Morgan fingerprint density at radius 3 is 2.46 bits per heavy atom. The van der Waals surface area contributed by atoms with E-state index in [4.69, 9.17) is 4.42 Å². The van der Waals surface area contributed by atoms with Crippen LogP contribution in [0.5, 0.6) is 0 Å². The van der Waals surface area contributed by atoms with E-state index in [-0.39, 0.29) is 21.9 Å². The van der Waals surface area contributed by atoms with Gasteiger partial charge in [-0.2, -0.15) is 3.97 Å². The number of anilines is 1. The van der Waals surface area contributed by atoms with Crippen LogP contribution in [0.25, 0.3) is 11.1 Å². The molecule has 0 radical (unpaired) electrons. The SMILES string of the molecule is CC(=O)Nc1ccc(S(=O)(=O)n2c(=O)oc3ccc(Br)cc32)cc1. The van der Waals surface area contributed by atoms with Crippen LogP contribution in [0, 0.1) is 0 Å². The van der Waals surface area contributed by atoms with E-state index in [1.807, 2.05) is 0 Å². The maximum absolute atomic E-state index is 12.8. The van der Waals surface area contributed by atoms with Crippen molar-refractivity contribution in [2.24, 2.45) is 0 Å². The van der Waals surface area contributed by atoms with Gasteiger partial charge in [0.25, 0.3) is 10.0 Å². The molecular weight excluding hydrogens is 400 g/mol. The van der Waals surface area contributed by atoms with Crippen molar-refractivity contribution >= 4 is 48.6 Å². The van der Waals surface area contributed by atoms with Gasteiger partial charge in [-0.3, -0.25) is 4.79 Å². The lowest BCUT2D eigenvalue weighted by atomic mass is 10.3. The second-order valence-corrected chi connectivity index (χ2v) is 7.66. The Labute approximate surface area is 145 Å². The Kier molecular flexibility index (Phi) is 4.06. The third-order valence-electron chi connectivity index (χ3n) is 3.22. The zero-order chi connectivity index (χ0) is 17.5. The normalized spacial score (nSPS) is 11.6. The Hall–Kier alpha value is -2.39. The number of benzene rings is 2. The quantitative estimate of drug-likeness (QED) is 0.715. The summed E-state index contributed by atoms with van der Waals surface area (Å²) in [5, 5.41) is 2.54. The van der Waals surface area contributed by atoms with Crippen molar-refractivity contribution in [2.75, 3.05) is 5.32 Å². The van der Waals surface area contributed by atoms with Crippen molar-refractivity contribution in [3.63, 3.8) is 0 Å². The van der Waals surface area contributed by atoms with E-state index in [0.29, 0.717) is 14.1 Å². The molecule has 0 spiro atoms. The van der Waals surface area contributed by atoms with E-state index in [2.05, 4.69) is 21.2 Å². The molecule has 1 aromatic heterocycles. The van der Waals surface area contributed by atoms with Crippen LogP contribution in [0.4, 0.5) is 5.69 Å². The highest BCUT2D eigenvalue weighted by atomic mass is 79.9. The molecule has 9 heteroatoms. The minimum atomic E-state index is -4.14. The Balaban J connectivity index is 2.14. The summed E-state index contributed by atoms with van der Waals surface area (Å²) in [6, 6.07) is 10.1. The molecule has 124 valence electrons. The average molecular weight is 411 g/mol. The highest BCUT2D eigenvalue weighted by molar-refractivity contribution is 9.10. The van der Waals surface area contributed by atoms with Gasteiger partial charge < -0.3 is 9.73 Å². The van der Waals surface area contributed by atoms with Gasteiger partial charge in [-0.15, -0.1) is 0 Å². The molecule has 0 saturated heterocycles. The van der Waals surface area contributed by atoms with Gasteiger partial charge in [-0.1, -0.05) is 15.9 Å². The van der Waals surface area contributed by atoms with Crippen LogP contribution in [0.2, 0.25) is 0 Å². The summed E-state index contributed by atoms with van der Waals surface area (Å²) in [7, 11) is -4.14. The molecule has 0 unspecified atom stereocenters. The van der Waals surface area contributed by atoms with Crippen molar-refractivity contribution in [1.82, 2.24) is 3.97 Å². The summed E-state index contributed by atoms with van der Waals surface area (Å²) in [6.07, 6.45) is 0. The number of fused-ring (bicyclic) bond motifs is 1. The summed E-state index contributed by atoms with van der Waals surface area (Å²) < 4.78 is 31.8. The highest BCUT2D eigenvalue weighted by Crippen LogP contribution is 2.23. The van der Waals surface area contributed by atoms with Crippen LogP contribution in [-0.4, -0.2) is 18.3 Å². The minimum absolute atomic E-state index is 0.0959. The summed E-state index contributed by atoms with van der Waals surface area (Å²) >= 11 is 3.24. The number of oxazole rings is 1. The zero-order valence-corrected chi connectivity index (χ0v) is 14.7. The van der Waals surface area contributed by atoms with Crippen molar-refractivity contribution in [3.8, 4) is 0 Å². The first-order valence-corrected chi connectivity index (χ1v) is 8.97. The lowest BCUT2D eigenvalue weighted by Gasteiger charge is -2.07. The van der Waals surface area contributed by atoms with Gasteiger partial charge in [0.05, 0.1) is 4.90 Å². The molecule has 1 amide bonds. The summed E-state index contributed by atoms with van der Waals surface area (Å²) in [4.78, 5) is 22.9. The predicted molar refractivity (Wildman–Crippen MR) is 91.5 cm³/mol. The number of hydrogen-bond donors (Lipinski definition) is 1. The average Bonchev–Trinajstić information content (AvgIpc) is 2.83. The Morgan fingerprint density at radius 1 is 1.17 bits per heavy atom. The number of hydrogen-bond acceptors (Lipinski definition) is 5. The first-order valence-electron chi connectivity index (χ1n) is 6.73. The molecule has 1 heterocycles. The minimum Gasteiger partial charge on any atom is -0.407 e. The first kappa shape index (κ1) is 16.5. The number of nitrogens with one attached hydrogen (secondary N) is 1. The van der Waals surface area contributed by atoms with E-state index >= 15 is 0 Å². The standard InChI is InChI=1S/C15H11BrN2O5S/c1-9(19)17-11-3-5-12(6-4-11)24(21,22)18-13-8-10(16)2-7-14(13)23-15(18)20/h2-8H,1H3,(H,17,19). The first-order chi connectivity index (χ1) is 11.3. The van der Waals surface area contributed by atoms with Gasteiger partial charge in [0.1, 0.15) is 5.52 Å². The summed E-state index contributed by atoms with van der Waals surface area (Å²) in [5.74, 6) is -1.26. The van der Waals surface area contributed by atoms with E-state index in [1.165, 1.54) is 43.3 Å². The zero-order valence-electron chi connectivity index (χ0n) is 12.3. The number of rotatable bonds is 3. The van der Waals surface area contributed by atoms with Crippen LogP contribution >= 0.6 is 15.9 Å². The van der Waals surface area contributed by atoms with Gasteiger partial charge in [-0.05, 0) is 42.5 Å². The summed E-state index contributed by atoms with van der Waals surface area (Å²) in [6.45, 7) is 1.35. The topological polar surface area (TPSA) is 98.4 Å². The number of halogens is 1. The van der Waals surface area contributed by atoms with Crippen molar-refractivity contribution in [2.45, 2.75) is 11.8 Å². The predicted octanol–water partition coefficient (Wildman–Crippen LogP) is 2.55. The largest absolute Gasteiger partial charge is 0.434 e. The Morgan fingerprint density at radius 2 is 1.83 bits per heavy atom. The van der Waals surface area contributed by atoms with Crippen molar-refractivity contribution in [1.29, 1.82) is 0 Å². The third kappa shape index (κ3) is 2.87. The monoisotopic (exact) mass is 410 g/mol. The smallest absolute Gasteiger partial charge is 0.407 e. The van der Waals surface area contributed by atoms with Crippen LogP contribution in [0.3, 0.4) is 0 Å². The van der Waals surface area contributed by atoms with Crippen LogP contribution in [0.15, 0.2) is 61.0 Å². The van der Waals surface area contributed by atoms with Gasteiger partial charge in [0.2, 0.25) is 5.91 Å². The van der Waals surface area contributed by atoms with Gasteiger partial charge >= 0.3 is 5.76 Å². The van der Waals surface area contributed by atoms with Crippen LogP contribution in [0.1, 0.15) is 6.92 Å². The number of carbonyl (C=O) groups is 1. The van der Waals surface area contributed by atoms with Crippen molar-refractivity contribution in [3.05, 3.63) is 57.5 Å². The maximum Gasteiger partial charge on any atom is 0.434 e. The molecule has 0 aliphatic carbocycles. The number of nitrogens with zero attached hydrogens (tertiary/aromatic N) is 1. The molecule has 0 aliphatic rings. The molecule has 0 aliphatic heterocycles. The van der Waals surface area contributed by atoms with Gasteiger partial charge in [-0.25, -0.2) is 13.2 Å². The molecular formula is C15H11BrN2O5S. The molecule has 0 bridgehead atoms. The van der Waals surface area contributed by atoms with E-state index in [9.17, 15) is 18.0 Å². The number of amides is 1. The van der Waals surface area contributed by atoms with Crippen LogP contribution in [-0.2, 0) is 14.8 Å². The van der Waals surface area contributed by atoms with E-state index in [1.54, 1.807) is 6.07 Å². The molecule has 0 atom stereocenters. The fourth-order valence-corrected chi connectivity index (χ4v) is 3.89. The summed E-state index contributed by atoms with van der Waals surface area (Å²) in [5.41, 5.74) is 0.760. The molecule has 3 aromatic rings. The maximum atomic E-state index is 12.8. The highest BCUT2D eigenvalue weighted by Gasteiger charge is 2.24. The molecule has 7 nitrogen and oxygen atoms in total. The lowest BCUT2D eigenvalue weighted by Crippen LogP contribution is -2.23. The fraction of sp³-hybridized carbons (Fsp3) is 0.0667. The van der Waals surface area contributed by atoms with Crippen LogP contribution < -0.4 is 11.1 Å². The lowest BCUT2D eigenvalue weighted by molar-refractivity contribution is -0.114. The van der Waals surface area contributed by atoms with Gasteiger partial charge in [0, 0.05) is 17.1 Å². The van der Waals surface area contributed by atoms with Gasteiger partial charge in [0.15, 0.2) is 5.58 Å². The molecule has 3 rings (SSSR count). The molecule has 1 N–H and O–H groups in total. The number of carbonyl (C=O) groups excluding carboxylic acids is 1. The second kappa shape index (κ2) is 5.91. The molecule has 24 heavy (non-hydrogen) atoms. The molecule has 2 aromatic carbocycles. The van der Waals surface area contributed by atoms with E-state index in [0.717, 1.165) is 0 Å².